The molecule has 0 aromatic carbocycles. The highest BCUT2D eigenvalue weighted by atomic mass is 16.5. The van der Waals surface area contributed by atoms with E-state index < -0.39 is 0 Å². The fraction of sp³-hybridized carbons (Fsp3) is 0.750. The number of aryl methyl sites for hydroxylation is 1. The van der Waals surface area contributed by atoms with Crippen molar-refractivity contribution in [1.29, 1.82) is 0 Å². The fourth-order valence-electron chi connectivity index (χ4n) is 3.34. The van der Waals surface area contributed by atoms with Gasteiger partial charge in [0.25, 0.3) is 5.56 Å². The van der Waals surface area contributed by atoms with E-state index in [4.69, 9.17) is 4.74 Å². The highest BCUT2D eigenvalue weighted by molar-refractivity contribution is 5.43. The summed E-state index contributed by atoms with van der Waals surface area (Å²) in [5.41, 5.74) is 0.837. The SMILES string of the molecule is Cn1ncc(N2CCO[C@H](CCNC3CCCC3)C2)cc1=O. The molecular formula is C16H26N4O2. The van der Waals surface area contributed by atoms with E-state index in [1.165, 1.54) is 30.4 Å². The summed E-state index contributed by atoms with van der Waals surface area (Å²) >= 11 is 0. The largest absolute Gasteiger partial charge is 0.374 e. The van der Waals surface area contributed by atoms with Crippen LogP contribution in [0.15, 0.2) is 17.1 Å². The average Bonchev–Trinajstić information content (AvgIpc) is 3.04. The van der Waals surface area contributed by atoms with Crippen LogP contribution in [0, 0.1) is 0 Å². The van der Waals surface area contributed by atoms with Gasteiger partial charge in [0.05, 0.1) is 24.6 Å². The first-order valence-corrected chi connectivity index (χ1v) is 8.35. The number of rotatable bonds is 5. The number of morpholine rings is 1. The number of hydrogen-bond donors (Lipinski definition) is 1. The van der Waals surface area contributed by atoms with Crippen LogP contribution in [0.4, 0.5) is 5.69 Å². The van der Waals surface area contributed by atoms with Crippen molar-refractivity contribution in [3.63, 3.8) is 0 Å². The maximum Gasteiger partial charge on any atom is 0.268 e. The van der Waals surface area contributed by atoms with Crippen LogP contribution in [-0.4, -0.2) is 48.2 Å². The molecule has 122 valence electrons. The van der Waals surface area contributed by atoms with Crippen LogP contribution in [-0.2, 0) is 11.8 Å². The van der Waals surface area contributed by atoms with Gasteiger partial charge in [0.2, 0.25) is 0 Å². The van der Waals surface area contributed by atoms with Crippen molar-refractivity contribution >= 4 is 5.69 Å². The zero-order valence-corrected chi connectivity index (χ0v) is 13.3. The first-order chi connectivity index (χ1) is 10.7. The number of nitrogens with zero attached hydrogens (tertiary/aromatic N) is 3. The topological polar surface area (TPSA) is 59.4 Å². The summed E-state index contributed by atoms with van der Waals surface area (Å²) in [5, 5.41) is 7.74. The molecule has 1 saturated heterocycles. The zero-order chi connectivity index (χ0) is 15.4. The number of nitrogens with one attached hydrogen (secondary N) is 1. The summed E-state index contributed by atoms with van der Waals surface area (Å²) in [5.74, 6) is 0. The second kappa shape index (κ2) is 7.24. The second-order valence-corrected chi connectivity index (χ2v) is 6.34. The van der Waals surface area contributed by atoms with Crippen molar-refractivity contribution < 1.29 is 4.74 Å². The number of aromatic nitrogens is 2. The lowest BCUT2D eigenvalue weighted by Gasteiger charge is -2.34. The molecule has 2 heterocycles. The highest BCUT2D eigenvalue weighted by Gasteiger charge is 2.22. The molecule has 1 aliphatic heterocycles. The lowest BCUT2D eigenvalue weighted by molar-refractivity contribution is 0.0350. The molecule has 1 aliphatic carbocycles. The van der Waals surface area contributed by atoms with Crippen LogP contribution in [0.25, 0.3) is 0 Å². The number of ether oxygens (including phenoxy) is 1. The van der Waals surface area contributed by atoms with Crippen molar-refractivity contribution in [3.05, 3.63) is 22.6 Å². The summed E-state index contributed by atoms with van der Waals surface area (Å²) in [6.07, 6.45) is 8.37. The van der Waals surface area contributed by atoms with E-state index in [-0.39, 0.29) is 11.7 Å². The molecule has 0 spiro atoms. The lowest BCUT2D eigenvalue weighted by Crippen LogP contribution is -2.44. The Morgan fingerprint density at radius 3 is 3.00 bits per heavy atom. The molecular weight excluding hydrogens is 280 g/mol. The number of anilines is 1. The maximum absolute atomic E-state index is 11.7. The van der Waals surface area contributed by atoms with Gasteiger partial charge in [-0.3, -0.25) is 4.79 Å². The van der Waals surface area contributed by atoms with Crippen LogP contribution in [0.3, 0.4) is 0 Å². The van der Waals surface area contributed by atoms with Gasteiger partial charge in [0.1, 0.15) is 0 Å². The summed E-state index contributed by atoms with van der Waals surface area (Å²) in [4.78, 5) is 13.9. The summed E-state index contributed by atoms with van der Waals surface area (Å²) in [6.45, 7) is 3.38. The lowest BCUT2D eigenvalue weighted by atomic mass is 10.1. The third kappa shape index (κ3) is 3.87. The standard InChI is InChI=1S/C16H26N4O2/c1-19-16(21)10-14(11-18-19)20-8-9-22-15(12-20)6-7-17-13-4-2-3-5-13/h10-11,13,15,17H,2-9,12H2,1H3/t15-/m1/s1. The van der Waals surface area contributed by atoms with Crippen LogP contribution in [0.5, 0.6) is 0 Å². The highest BCUT2D eigenvalue weighted by Crippen LogP contribution is 2.19. The van der Waals surface area contributed by atoms with Gasteiger partial charge in [-0.1, -0.05) is 12.8 Å². The molecule has 0 bridgehead atoms. The molecule has 6 nitrogen and oxygen atoms in total. The Kier molecular flexibility index (Phi) is 5.10. The van der Waals surface area contributed by atoms with Crippen LogP contribution >= 0.6 is 0 Å². The third-order valence-corrected chi connectivity index (χ3v) is 4.71. The normalized spacial score (nSPS) is 23.1. The monoisotopic (exact) mass is 306 g/mol. The fourth-order valence-corrected chi connectivity index (χ4v) is 3.34. The Morgan fingerprint density at radius 2 is 2.23 bits per heavy atom. The van der Waals surface area contributed by atoms with Gasteiger partial charge in [-0.2, -0.15) is 5.10 Å². The molecule has 22 heavy (non-hydrogen) atoms. The van der Waals surface area contributed by atoms with Crippen molar-refractivity contribution in [2.24, 2.45) is 7.05 Å². The van der Waals surface area contributed by atoms with Crippen molar-refractivity contribution in [1.82, 2.24) is 15.1 Å². The van der Waals surface area contributed by atoms with E-state index >= 15 is 0 Å². The minimum absolute atomic E-state index is 0.0663. The number of hydrogen-bond acceptors (Lipinski definition) is 5. The van der Waals surface area contributed by atoms with E-state index in [0.717, 1.165) is 31.7 Å². The molecule has 0 amide bonds. The first-order valence-electron chi connectivity index (χ1n) is 8.35. The molecule has 2 fully saturated rings. The van der Waals surface area contributed by atoms with Crippen LogP contribution in [0.1, 0.15) is 32.1 Å². The van der Waals surface area contributed by atoms with Gasteiger partial charge in [-0.15, -0.1) is 0 Å². The molecule has 1 saturated carbocycles. The predicted octanol–water partition coefficient (Wildman–Crippen LogP) is 0.908. The van der Waals surface area contributed by atoms with Gasteiger partial charge >= 0.3 is 0 Å². The Morgan fingerprint density at radius 1 is 1.41 bits per heavy atom. The van der Waals surface area contributed by atoms with Crippen LogP contribution in [0.2, 0.25) is 0 Å². The van der Waals surface area contributed by atoms with E-state index in [1.54, 1.807) is 19.3 Å². The Balaban J connectivity index is 1.50. The van der Waals surface area contributed by atoms with Gasteiger partial charge in [-0.25, -0.2) is 4.68 Å². The van der Waals surface area contributed by atoms with Gasteiger partial charge in [0.15, 0.2) is 0 Å². The summed E-state index contributed by atoms with van der Waals surface area (Å²) < 4.78 is 7.22. The van der Waals surface area contributed by atoms with E-state index in [0.29, 0.717) is 12.6 Å². The molecule has 0 radical (unpaired) electrons. The molecule has 0 unspecified atom stereocenters. The van der Waals surface area contributed by atoms with E-state index in [1.807, 2.05) is 0 Å². The van der Waals surface area contributed by atoms with Gasteiger partial charge < -0.3 is 15.0 Å². The zero-order valence-electron chi connectivity index (χ0n) is 13.3. The van der Waals surface area contributed by atoms with Crippen molar-refractivity contribution in [2.75, 3.05) is 31.1 Å². The third-order valence-electron chi connectivity index (χ3n) is 4.71. The van der Waals surface area contributed by atoms with Crippen molar-refractivity contribution in [2.45, 2.75) is 44.2 Å². The minimum atomic E-state index is -0.0663. The van der Waals surface area contributed by atoms with Gasteiger partial charge in [0, 0.05) is 32.2 Å². The van der Waals surface area contributed by atoms with Crippen molar-refractivity contribution in [3.8, 4) is 0 Å². The summed E-state index contributed by atoms with van der Waals surface area (Å²) in [6, 6.07) is 2.37. The minimum Gasteiger partial charge on any atom is -0.374 e. The summed E-state index contributed by atoms with van der Waals surface area (Å²) in [7, 11) is 1.67. The van der Waals surface area contributed by atoms with Crippen LogP contribution < -0.4 is 15.8 Å². The average molecular weight is 306 g/mol. The molecule has 1 N–H and O–H groups in total. The van der Waals surface area contributed by atoms with E-state index in [9.17, 15) is 4.79 Å². The smallest absolute Gasteiger partial charge is 0.268 e. The van der Waals surface area contributed by atoms with Gasteiger partial charge in [-0.05, 0) is 25.8 Å². The molecule has 1 atom stereocenters. The Labute approximate surface area is 131 Å². The molecule has 1 aromatic heterocycles. The maximum atomic E-state index is 11.7. The predicted molar refractivity (Wildman–Crippen MR) is 86.3 cm³/mol. The Hall–Kier alpha value is -1.40. The molecule has 3 rings (SSSR count). The molecule has 2 aliphatic rings. The second-order valence-electron chi connectivity index (χ2n) is 6.34. The quantitative estimate of drug-likeness (QED) is 0.876. The first kappa shape index (κ1) is 15.5. The Bertz CT molecular complexity index is 539. The molecule has 6 heteroatoms. The van der Waals surface area contributed by atoms with E-state index in [2.05, 4.69) is 15.3 Å². The molecule has 1 aromatic rings.